The van der Waals surface area contributed by atoms with E-state index in [1.807, 2.05) is 36.2 Å². The Labute approximate surface area is 251 Å². The van der Waals surface area contributed by atoms with Crippen LogP contribution in [-0.4, -0.2) is 72.1 Å². The van der Waals surface area contributed by atoms with Crippen molar-refractivity contribution in [1.29, 1.82) is 0 Å². The normalized spacial score (nSPS) is 12.4. The second kappa shape index (κ2) is 14.3. The molecule has 0 saturated carbocycles. The largest absolute Gasteiger partial charge is 0.392 e. The fraction of sp³-hybridized carbons (Fsp3) is 0.387. The van der Waals surface area contributed by atoms with Gasteiger partial charge in [-0.3, -0.25) is 23.6 Å². The first kappa shape index (κ1) is 32.4. The molecule has 0 fully saturated rings. The summed E-state index contributed by atoms with van der Waals surface area (Å²) in [6, 6.07) is 10.8. The molecule has 43 heavy (non-hydrogen) atoms. The molecule has 0 aliphatic carbocycles. The lowest BCUT2D eigenvalue weighted by atomic mass is 10.0. The molecule has 2 aromatic carbocycles. The lowest BCUT2D eigenvalue weighted by Crippen LogP contribution is -2.42. The van der Waals surface area contributed by atoms with Crippen LogP contribution in [0.2, 0.25) is 0 Å². The number of carbonyl (C=O) groups is 1. The maximum Gasteiger partial charge on any atom is 0.332 e. The molecule has 1 atom stereocenters. The maximum atomic E-state index is 14.8. The molecule has 1 N–H and O–H groups in total. The molecule has 2 heterocycles. The molecule has 4 rings (SSSR count). The van der Waals surface area contributed by atoms with Crippen molar-refractivity contribution < 1.29 is 28.2 Å². The van der Waals surface area contributed by atoms with Gasteiger partial charge in [0.05, 0.1) is 31.2 Å². The fourth-order valence-electron chi connectivity index (χ4n) is 4.92. The lowest BCUT2D eigenvalue weighted by molar-refractivity contribution is -0.121. The number of carbonyl (C=O) groups excluding carboxylic acids is 1. The number of hydrogen-bond donors (Lipinski definition) is 1. The number of benzene rings is 2. The molecule has 0 bridgehead atoms. The summed E-state index contributed by atoms with van der Waals surface area (Å²) in [6.45, 7) is 2.03. The van der Waals surface area contributed by atoms with Crippen molar-refractivity contribution >= 4 is 27.3 Å². The van der Waals surface area contributed by atoms with Crippen LogP contribution in [0, 0.1) is 11.6 Å². The first-order valence-electron chi connectivity index (χ1n) is 13.7. The second-order valence-electron chi connectivity index (χ2n) is 10.5. The van der Waals surface area contributed by atoms with E-state index in [0.717, 1.165) is 27.8 Å². The Bertz CT molecular complexity index is 1690. The summed E-state index contributed by atoms with van der Waals surface area (Å²) in [4.78, 5) is 42.6. The molecule has 1 unspecified atom stereocenters. The molecule has 12 heteroatoms. The third kappa shape index (κ3) is 7.34. The lowest BCUT2D eigenvalue weighted by Gasteiger charge is -2.18. The van der Waals surface area contributed by atoms with Crippen LogP contribution in [0.25, 0.3) is 20.7 Å². The van der Waals surface area contributed by atoms with Crippen LogP contribution in [0.3, 0.4) is 0 Å². The Morgan fingerprint density at radius 1 is 1.02 bits per heavy atom. The first-order chi connectivity index (χ1) is 20.5. The molecule has 0 radical (unpaired) electrons. The zero-order valence-electron chi connectivity index (χ0n) is 24.6. The van der Waals surface area contributed by atoms with Gasteiger partial charge in [0.1, 0.15) is 23.1 Å². The average molecular weight is 616 g/mol. The van der Waals surface area contributed by atoms with Crippen LogP contribution in [0.1, 0.15) is 23.6 Å². The molecule has 0 saturated heterocycles. The number of aromatic nitrogens is 2. The van der Waals surface area contributed by atoms with E-state index in [1.54, 1.807) is 7.11 Å². The number of Topliss-reactive ketones (excluding diaryl/α,β-unsaturated/α-hetero) is 1. The van der Waals surface area contributed by atoms with Crippen LogP contribution in [0.5, 0.6) is 0 Å². The van der Waals surface area contributed by atoms with Gasteiger partial charge >= 0.3 is 5.69 Å². The highest BCUT2D eigenvalue weighted by molar-refractivity contribution is 7.22. The van der Waals surface area contributed by atoms with Gasteiger partial charge in [-0.1, -0.05) is 30.3 Å². The summed E-state index contributed by atoms with van der Waals surface area (Å²) in [5.74, 6) is -1.70. The fourth-order valence-corrected chi connectivity index (χ4v) is 6.22. The number of thiophene rings is 1. The predicted octanol–water partition coefficient (Wildman–Crippen LogP) is 3.44. The van der Waals surface area contributed by atoms with E-state index in [0.29, 0.717) is 30.1 Å². The maximum absolute atomic E-state index is 14.8. The summed E-state index contributed by atoms with van der Waals surface area (Å²) in [5, 5.41) is 10.4. The van der Waals surface area contributed by atoms with Crippen LogP contribution in [-0.2, 0) is 40.3 Å². The van der Waals surface area contributed by atoms with Gasteiger partial charge < -0.3 is 14.6 Å². The molecular weight excluding hydrogens is 580 g/mol. The average Bonchev–Trinajstić information content (AvgIpc) is 3.32. The smallest absolute Gasteiger partial charge is 0.332 e. The van der Waals surface area contributed by atoms with E-state index in [1.165, 1.54) is 36.0 Å². The summed E-state index contributed by atoms with van der Waals surface area (Å²) < 4.78 is 41.8. The van der Waals surface area contributed by atoms with Gasteiger partial charge in [-0.05, 0) is 42.8 Å². The van der Waals surface area contributed by atoms with Crippen molar-refractivity contribution in [2.24, 2.45) is 0 Å². The van der Waals surface area contributed by atoms with E-state index in [4.69, 9.17) is 9.47 Å². The highest BCUT2D eigenvalue weighted by atomic mass is 32.1. The molecule has 0 amide bonds. The van der Waals surface area contributed by atoms with Crippen molar-refractivity contribution in [2.45, 2.75) is 39.1 Å². The number of ketones is 1. The molecule has 2 aromatic heterocycles. The van der Waals surface area contributed by atoms with Crippen molar-refractivity contribution in [3.63, 3.8) is 0 Å². The zero-order valence-corrected chi connectivity index (χ0v) is 25.4. The van der Waals surface area contributed by atoms with E-state index in [2.05, 4.69) is 0 Å². The van der Waals surface area contributed by atoms with E-state index >= 15 is 0 Å². The molecule has 9 nitrogen and oxygen atoms in total. The molecule has 0 aliphatic heterocycles. The van der Waals surface area contributed by atoms with Crippen molar-refractivity contribution in [2.75, 3.05) is 41.0 Å². The number of nitrogens with zero attached hydrogens (tertiary/aromatic N) is 3. The quantitative estimate of drug-likeness (QED) is 0.232. The Hall–Kier alpha value is -3.55. The van der Waals surface area contributed by atoms with Crippen molar-refractivity contribution in [3.05, 3.63) is 91.6 Å². The number of ether oxygens (including phenoxy) is 2. The number of rotatable bonds is 14. The summed E-state index contributed by atoms with van der Waals surface area (Å²) in [7, 11) is 4.92. The van der Waals surface area contributed by atoms with Gasteiger partial charge in [-0.2, -0.15) is 0 Å². The van der Waals surface area contributed by atoms with E-state index in [9.17, 15) is 28.3 Å². The minimum atomic E-state index is -1.03. The van der Waals surface area contributed by atoms with Gasteiger partial charge in [0, 0.05) is 44.2 Å². The van der Waals surface area contributed by atoms with Crippen LogP contribution >= 0.6 is 11.3 Å². The minimum absolute atomic E-state index is 0.00882. The molecule has 230 valence electrons. The van der Waals surface area contributed by atoms with Crippen LogP contribution < -0.4 is 11.2 Å². The number of methoxy groups -OCH3 is 2. The zero-order chi connectivity index (χ0) is 31.3. The second-order valence-corrected chi connectivity index (χ2v) is 11.5. The molecule has 0 aliphatic rings. The number of fused-ring (bicyclic) bond motifs is 1. The predicted molar refractivity (Wildman–Crippen MR) is 162 cm³/mol. The third-order valence-electron chi connectivity index (χ3n) is 7.01. The van der Waals surface area contributed by atoms with Gasteiger partial charge in [0.2, 0.25) is 0 Å². The van der Waals surface area contributed by atoms with Crippen molar-refractivity contribution in [3.8, 4) is 10.4 Å². The van der Waals surface area contributed by atoms with E-state index in [-0.39, 0.29) is 41.1 Å². The Balaban J connectivity index is 1.97. The Morgan fingerprint density at radius 2 is 1.70 bits per heavy atom. The topological polar surface area (TPSA) is 103 Å². The molecule has 4 aromatic rings. The van der Waals surface area contributed by atoms with Gasteiger partial charge in [-0.25, -0.2) is 13.6 Å². The Kier molecular flexibility index (Phi) is 10.7. The minimum Gasteiger partial charge on any atom is -0.392 e. The third-order valence-corrected chi connectivity index (χ3v) is 8.31. The summed E-state index contributed by atoms with van der Waals surface area (Å²) in [5.41, 5.74) is 0.486. The number of halogens is 2. The SMILES string of the molecule is COCCN(C)Cc1c(-c2ccc(CC(=O)COC)cc2)sc2c1c(=O)n(CC(C)O)c(=O)n2Cc1c(F)cccc1F. The van der Waals surface area contributed by atoms with Gasteiger partial charge in [0.25, 0.3) is 5.56 Å². The molecular formula is C31H35F2N3O6S. The number of aliphatic hydroxyl groups excluding tert-OH is 1. The number of hydrogen-bond acceptors (Lipinski definition) is 8. The number of aliphatic hydroxyl groups is 1. The molecule has 0 spiro atoms. The Morgan fingerprint density at radius 3 is 2.30 bits per heavy atom. The number of likely N-dealkylation sites (N-methyl/N-ethyl adjacent to an activating group) is 1. The summed E-state index contributed by atoms with van der Waals surface area (Å²) >= 11 is 1.18. The highest BCUT2D eigenvalue weighted by Crippen LogP contribution is 2.38. The van der Waals surface area contributed by atoms with Gasteiger partial charge in [0.15, 0.2) is 5.78 Å². The van der Waals surface area contributed by atoms with Gasteiger partial charge in [-0.15, -0.1) is 11.3 Å². The monoisotopic (exact) mass is 615 g/mol. The highest BCUT2D eigenvalue weighted by Gasteiger charge is 2.25. The van der Waals surface area contributed by atoms with Crippen LogP contribution in [0.15, 0.2) is 52.1 Å². The van der Waals surface area contributed by atoms with E-state index < -0.39 is 35.5 Å². The van der Waals surface area contributed by atoms with Crippen LogP contribution in [0.4, 0.5) is 8.78 Å². The van der Waals surface area contributed by atoms with Crippen molar-refractivity contribution in [1.82, 2.24) is 14.0 Å². The first-order valence-corrected chi connectivity index (χ1v) is 14.5. The standard InChI is InChI=1S/C31H35F2N3O6S/c1-19(37)15-35-29(39)27-24(16-34(2)12-13-41-3)28(21-10-8-20(9-11-21)14-22(38)18-42-4)43-30(27)36(31(35)40)17-23-25(32)6-5-7-26(23)33/h5-11,19,37H,12-18H2,1-4H3. The summed E-state index contributed by atoms with van der Waals surface area (Å²) in [6.07, 6.45) is -0.828.